The van der Waals surface area contributed by atoms with E-state index >= 15 is 0 Å². The van der Waals surface area contributed by atoms with E-state index in [0.717, 1.165) is 5.65 Å². The van der Waals surface area contributed by atoms with Crippen LogP contribution < -0.4 is 15.6 Å². The molecule has 0 aliphatic carbocycles. The molecule has 4 N–H and O–H groups in total. The van der Waals surface area contributed by atoms with Crippen LogP contribution >= 0.6 is 46.7 Å². The van der Waals surface area contributed by atoms with Gasteiger partial charge in [-0.15, -0.1) is 23.5 Å². The number of halogens is 2. The van der Waals surface area contributed by atoms with E-state index in [2.05, 4.69) is 5.32 Å². The molecule has 196 valence electrons. The van der Waals surface area contributed by atoms with Crippen molar-refractivity contribution in [1.82, 2.24) is 14.6 Å². The number of carboxylic acid groups (broad SMARTS) is 1. The first-order valence-electron chi connectivity index (χ1n) is 11.2. The zero-order chi connectivity index (χ0) is 27.1. The van der Waals surface area contributed by atoms with Crippen molar-refractivity contribution in [2.75, 3.05) is 11.5 Å². The average Bonchev–Trinajstić information content (AvgIpc) is 3.29. The van der Waals surface area contributed by atoms with Crippen LogP contribution in [0.5, 0.6) is 0 Å². The van der Waals surface area contributed by atoms with Gasteiger partial charge in [-0.05, 0) is 24.3 Å². The third-order valence-corrected chi connectivity index (χ3v) is 9.19. The van der Waals surface area contributed by atoms with Crippen molar-refractivity contribution >= 4 is 76.1 Å². The molecule has 2 atom stereocenters. The van der Waals surface area contributed by atoms with E-state index in [1.54, 1.807) is 53.3 Å². The molecule has 1 fully saturated rings. The fraction of sp³-hybridized carbons (Fsp3) is 0.208. The number of nitrogens with zero attached hydrogens (tertiary/aromatic N) is 3. The maximum atomic E-state index is 13.0. The van der Waals surface area contributed by atoms with Gasteiger partial charge in [-0.1, -0.05) is 23.2 Å². The summed E-state index contributed by atoms with van der Waals surface area (Å²) in [5.74, 6) is -2.24. The van der Waals surface area contributed by atoms with Gasteiger partial charge in [0.2, 0.25) is 5.91 Å². The number of hydrogen-bond acceptors (Lipinski definition) is 6. The number of amides is 3. The predicted octanol–water partition coefficient (Wildman–Crippen LogP) is 2.16. The van der Waals surface area contributed by atoms with E-state index in [0.29, 0.717) is 31.8 Å². The van der Waals surface area contributed by atoms with Gasteiger partial charge in [0.15, 0.2) is 0 Å². The Bertz CT molecular complexity index is 1540. The number of primary amides is 1. The molecule has 4 heterocycles. The second kappa shape index (κ2) is 10.5. The van der Waals surface area contributed by atoms with Crippen molar-refractivity contribution in [2.24, 2.45) is 5.73 Å². The second-order valence-corrected chi connectivity index (χ2v) is 11.5. The molecule has 0 unspecified atom stereocenters. The van der Waals surface area contributed by atoms with Gasteiger partial charge in [-0.25, -0.2) is 13.8 Å². The van der Waals surface area contributed by atoms with Gasteiger partial charge in [0.05, 0.1) is 16.3 Å². The molecule has 1 aromatic carbocycles. The Labute approximate surface area is 234 Å². The summed E-state index contributed by atoms with van der Waals surface area (Å²) in [7, 11) is 0. The minimum Gasteiger partial charge on any atom is -0.477 e. The summed E-state index contributed by atoms with van der Waals surface area (Å²) in [6, 6.07) is 7.43. The Morgan fingerprint density at radius 2 is 2.03 bits per heavy atom. The Hall–Kier alpha value is -3.19. The number of imidazole rings is 1. The monoisotopic (exact) mass is 592 g/mol. The zero-order valence-corrected chi connectivity index (χ0v) is 22.6. The number of fused-ring (bicyclic) bond motifs is 2. The highest BCUT2D eigenvalue weighted by molar-refractivity contribution is 8.00. The van der Waals surface area contributed by atoms with Gasteiger partial charge in [0, 0.05) is 27.3 Å². The van der Waals surface area contributed by atoms with Crippen molar-refractivity contribution < 1.29 is 28.9 Å². The quantitative estimate of drug-likeness (QED) is 0.207. The summed E-state index contributed by atoms with van der Waals surface area (Å²) in [5.41, 5.74) is 6.89. The van der Waals surface area contributed by atoms with Crippen LogP contribution in [-0.2, 0) is 20.9 Å². The molecule has 0 spiro atoms. The fourth-order valence-electron chi connectivity index (χ4n) is 4.34. The van der Waals surface area contributed by atoms with Gasteiger partial charge in [0.25, 0.3) is 17.5 Å². The lowest BCUT2D eigenvalue weighted by molar-refractivity contribution is -0.662. The first-order valence-corrected chi connectivity index (χ1v) is 14.0. The van der Waals surface area contributed by atoms with Crippen molar-refractivity contribution in [3.63, 3.8) is 0 Å². The topological polar surface area (TPSA) is 138 Å². The van der Waals surface area contributed by atoms with Crippen molar-refractivity contribution in [1.29, 1.82) is 0 Å². The van der Waals surface area contributed by atoms with Gasteiger partial charge in [-0.3, -0.25) is 19.3 Å². The maximum Gasteiger partial charge on any atom is 0.352 e. The number of thioether (sulfide) groups is 2. The van der Waals surface area contributed by atoms with Gasteiger partial charge in [0.1, 0.15) is 42.2 Å². The van der Waals surface area contributed by atoms with Crippen LogP contribution in [0.15, 0.2) is 65.1 Å². The number of nitrogens with two attached hydrogens (primary N) is 1. The standard InChI is InChI=1S/C24H19Cl2N5O5S2/c25-14-2-3-15(26)16(7-14)37-11-17(32)28-19-22(34)31-20(24(35)36)13(10-38-23(19)31)9-30-6-5-29-8-12(21(27)33)1-4-18(29)30/h1-8,19,23H,9-11H2,(H3-,27,28,32,33,35,36)/p+1/t19-,23-/m1/s1. The molecule has 0 radical (unpaired) electrons. The lowest BCUT2D eigenvalue weighted by atomic mass is 10.0. The number of carbonyl (C=O) groups excluding carboxylic acids is 3. The minimum absolute atomic E-state index is 0.0178. The Kier molecular flexibility index (Phi) is 7.32. The number of pyridine rings is 1. The zero-order valence-electron chi connectivity index (χ0n) is 19.5. The molecule has 1 saturated heterocycles. The molecule has 38 heavy (non-hydrogen) atoms. The summed E-state index contributed by atoms with van der Waals surface area (Å²) in [6.45, 7) is 0.228. The number of benzene rings is 1. The predicted molar refractivity (Wildman–Crippen MR) is 143 cm³/mol. The number of rotatable bonds is 8. The lowest BCUT2D eigenvalue weighted by Crippen LogP contribution is -2.70. The second-order valence-electron chi connectivity index (χ2n) is 8.55. The summed E-state index contributed by atoms with van der Waals surface area (Å²) < 4.78 is 3.54. The van der Waals surface area contributed by atoms with E-state index in [1.807, 2.05) is 4.57 Å². The Morgan fingerprint density at radius 1 is 1.24 bits per heavy atom. The SMILES string of the molecule is NC(=O)c1ccc2n(cc[n+]2CC2=C(C(=O)O)N3C(=O)[C@@H](NC(=O)CSc4cc(Cl)ccc4Cl)[C@H]3SC2)c1. The van der Waals surface area contributed by atoms with Crippen LogP contribution in [0.25, 0.3) is 5.65 Å². The number of carboxylic acids is 1. The largest absolute Gasteiger partial charge is 0.477 e. The van der Waals surface area contributed by atoms with Crippen LogP contribution in [0.3, 0.4) is 0 Å². The molecular formula is C24H20Cl2N5O5S2+. The molecule has 3 amide bonds. The average molecular weight is 593 g/mol. The highest BCUT2D eigenvalue weighted by Gasteiger charge is 2.54. The van der Waals surface area contributed by atoms with Crippen molar-refractivity contribution in [3.05, 3.63) is 75.8 Å². The molecule has 5 rings (SSSR count). The lowest BCUT2D eigenvalue weighted by Gasteiger charge is -2.49. The third-order valence-electron chi connectivity index (χ3n) is 6.12. The summed E-state index contributed by atoms with van der Waals surface area (Å²) in [6.07, 6.45) is 5.09. The molecule has 0 saturated carbocycles. The van der Waals surface area contributed by atoms with Gasteiger partial charge >= 0.3 is 5.97 Å². The molecule has 10 nitrogen and oxygen atoms in total. The fourth-order valence-corrected chi connectivity index (χ4v) is 6.98. The summed E-state index contributed by atoms with van der Waals surface area (Å²) in [5, 5.41) is 13.1. The highest BCUT2D eigenvalue weighted by Crippen LogP contribution is 2.40. The molecular weight excluding hydrogens is 573 g/mol. The number of carbonyl (C=O) groups is 4. The molecule has 2 aliphatic heterocycles. The Balaban J connectivity index is 1.29. The number of β-lactam (4-membered cyclic amide) rings is 1. The number of aromatic nitrogens is 2. The van der Waals surface area contributed by atoms with Gasteiger partial charge < -0.3 is 16.2 Å². The maximum absolute atomic E-state index is 13.0. The van der Waals surface area contributed by atoms with Crippen LogP contribution in [0.1, 0.15) is 10.4 Å². The van der Waals surface area contributed by atoms with E-state index in [4.69, 9.17) is 28.9 Å². The highest BCUT2D eigenvalue weighted by atomic mass is 35.5. The molecule has 3 aromatic rings. The van der Waals surface area contributed by atoms with E-state index < -0.39 is 29.2 Å². The number of nitrogens with one attached hydrogen (secondary N) is 1. The summed E-state index contributed by atoms with van der Waals surface area (Å²) in [4.78, 5) is 51.1. The van der Waals surface area contributed by atoms with E-state index in [-0.39, 0.29) is 23.9 Å². The normalized spacial score (nSPS) is 18.8. The van der Waals surface area contributed by atoms with Crippen LogP contribution in [0, 0.1) is 0 Å². The number of aliphatic carboxylic acids is 1. The van der Waals surface area contributed by atoms with Crippen molar-refractivity contribution in [2.45, 2.75) is 22.9 Å². The van der Waals surface area contributed by atoms with Gasteiger partial charge in [-0.2, -0.15) is 0 Å². The van der Waals surface area contributed by atoms with E-state index in [9.17, 15) is 24.3 Å². The molecule has 2 aromatic heterocycles. The number of hydrogen-bond donors (Lipinski definition) is 3. The van der Waals surface area contributed by atoms with E-state index in [1.165, 1.54) is 28.4 Å². The first kappa shape index (κ1) is 26.4. The molecule has 14 heteroatoms. The van der Waals surface area contributed by atoms with Crippen LogP contribution in [0.4, 0.5) is 0 Å². The summed E-state index contributed by atoms with van der Waals surface area (Å²) >= 11 is 14.7. The van der Waals surface area contributed by atoms with Crippen LogP contribution in [-0.4, -0.2) is 61.0 Å². The first-order chi connectivity index (χ1) is 18.1. The minimum atomic E-state index is -1.21. The molecule has 2 aliphatic rings. The van der Waals surface area contributed by atoms with Crippen LogP contribution in [0.2, 0.25) is 10.0 Å². The Morgan fingerprint density at radius 3 is 2.76 bits per heavy atom. The van der Waals surface area contributed by atoms with Crippen molar-refractivity contribution in [3.8, 4) is 0 Å². The molecule has 0 bridgehead atoms. The smallest absolute Gasteiger partial charge is 0.352 e. The third kappa shape index (κ3) is 4.96.